The number of fused-ring (bicyclic) bond motifs is 1. The van der Waals surface area contributed by atoms with E-state index in [1.165, 1.54) is 0 Å². The van der Waals surface area contributed by atoms with Crippen molar-refractivity contribution in [2.75, 3.05) is 33.4 Å². The van der Waals surface area contributed by atoms with Gasteiger partial charge < -0.3 is 24.3 Å². The maximum Gasteiger partial charge on any atom is 0.274 e. The largest absolute Gasteiger partial charge is 0.383 e. The van der Waals surface area contributed by atoms with E-state index in [0.29, 0.717) is 57.9 Å². The van der Waals surface area contributed by atoms with Crippen molar-refractivity contribution < 1.29 is 19.1 Å². The van der Waals surface area contributed by atoms with E-state index in [2.05, 4.69) is 10.3 Å². The summed E-state index contributed by atoms with van der Waals surface area (Å²) in [6.07, 6.45) is 3.01. The number of methoxy groups -OCH3 is 1. The van der Waals surface area contributed by atoms with Crippen LogP contribution < -0.4 is 5.32 Å². The lowest BCUT2D eigenvalue weighted by Gasteiger charge is -2.31. The number of carbonyl (C=O) groups excluding carboxylic acids is 2. The van der Waals surface area contributed by atoms with E-state index in [-0.39, 0.29) is 23.8 Å². The van der Waals surface area contributed by atoms with Crippen molar-refractivity contribution in [3.05, 3.63) is 53.6 Å². The first-order chi connectivity index (χ1) is 14.7. The van der Waals surface area contributed by atoms with Gasteiger partial charge in [0.2, 0.25) is 5.91 Å². The van der Waals surface area contributed by atoms with Crippen LogP contribution in [0.5, 0.6) is 0 Å². The van der Waals surface area contributed by atoms with Crippen molar-refractivity contribution >= 4 is 11.8 Å². The molecule has 2 aromatic rings. The van der Waals surface area contributed by atoms with Gasteiger partial charge in [-0.2, -0.15) is 0 Å². The molecule has 2 aliphatic heterocycles. The lowest BCUT2D eigenvalue weighted by molar-refractivity contribution is -0.126. The van der Waals surface area contributed by atoms with E-state index in [1.54, 1.807) is 18.3 Å². The Bertz CT molecular complexity index is 875. The minimum Gasteiger partial charge on any atom is -0.383 e. The summed E-state index contributed by atoms with van der Waals surface area (Å²) in [6.45, 7) is 3.13. The van der Waals surface area contributed by atoms with Gasteiger partial charge in [-0.3, -0.25) is 9.59 Å². The van der Waals surface area contributed by atoms with Crippen LogP contribution in [0.15, 0.2) is 36.7 Å². The van der Waals surface area contributed by atoms with E-state index in [9.17, 15) is 9.59 Å². The summed E-state index contributed by atoms with van der Waals surface area (Å²) in [7, 11) is 1.61. The van der Waals surface area contributed by atoms with Crippen LogP contribution in [0, 0.1) is 5.92 Å². The highest BCUT2D eigenvalue weighted by atomic mass is 16.5. The zero-order chi connectivity index (χ0) is 20.9. The first-order valence-corrected chi connectivity index (χ1v) is 10.4. The summed E-state index contributed by atoms with van der Waals surface area (Å²) in [6, 6.07) is 10.1. The first-order valence-electron chi connectivity index (χ1n) is 10.4. The third kappa shape index (κ3) is 4.39. The van der Waals surface area contributed by atoms with Gasteiger partial charge in [0.1, 0.15) is 6.10 Å². The quantitative estimate of drug-likeness (QED) is 0.731. The highest BCUT2D eigenvalue weighted by Gasteiger charge is 2.32. The van der Waals surface area contributed by atoms with Crippen LogP contribution in [0.1, 0.15) is 40.7 Å². The lowest BCUT2D eigenvalue weighted by Crippen LogP contribution is -2.44. The van der Waals surface area contributed by atoms with Gasteiger partial charge in [0.15, 0.2) is 5.69 Å². The number of imidazole rings is 1. The molecule has 0 radical (unpaired) electrons. The number of nitrogens with one attached hydrogen (secondary N) is 1. The Hall–Kier alpha value is -2.71. The summed E-state index contributed by atoms with van der Waals surface area (Å²) >= 11 is 0. The number of piperidine rings is 1. The maximum atomic E-state index is 13.0. The van der Waals surface area contributed by atoms with Crippen molar-refractivity contribution in [3.8, 4) is 0 Å². The molecular formula is C22H28N4O4. The molecular weight excluding hydrogens is 384 g/mol. The minimum atomic E-state index is -0.0799. The van der Waals surface area contributed by atoms with E-state index >= 15 is 0 Å². The predicted octanol–water partition coefficient (Wildman–Crippen LogP) is 1.77. The van der Waals surface area contributed by atoms with E-state index in [4.69, 9.17) is 9.47 Å². The number of hydrogen-bond acceptors (Lipinski definition) is 5. The predicted molar refractivity (Wildman–Crippen MR) is 110 cm³/mol. The van der Waals surface area contributed by atoms with Crippen molar-refractivity contribution in [3.63, 3.8) is 0 Å². The van der Waals surface area contributed by atoms with Gasteiger partial charge in [-0.15, -0.1) is 0 Å². The molecule has 1 fully saturated rings. The summed E-state index contributed by atoms with van der Waals surface area (Å²) < 4.78 is 13.0. The molecule has 4 rings (SSSR count). The zero-order valence-electron chi connectivity index (χ0n) is 17.3. The molecule has 1 aromatic carbocycles. The summed E-state index contributed by atoms with van der Waals surface area (Å²) in [5.41, 5.74) is 2.41. The Kier molecular flexibility index (Phi) is 6.44. The molecule has 0 spiro atoms. The third-order valence-corrected chi connectivity index (χ3v) is 5.86. The lowest BCUT2D eigenvalue weighted by atomic mass is 9.95. The van der Waals surface area contributed by atoms with Crippen LogP contribution in [0.3, 0.4) is 0 Å². The number of aromatic nitrogens is 2. The smallest absolute Gasteiger partial charge is 0.274 e. The molecule has 1 N–H and O–H groups in total. The average Bonchev–Trinajstić information content (AvgIpc) is 3.22. The fourth-order valence-electron chi connectivity index (χ4n) is 4.09. The molecule has 1 aromatic heterocycles. The Morgan fingerprint density at radius 1 is 1.23 bits per heavy atom. The Morgan fingerprint density at radius 3 is 2.73 bits per heavy atom. The molecule has 2 amide bonds. The Balaban J connectivity index is 1.35. The molecule has 8 nitrogen and oxygen atoms in total. The van der Waals surface area contributed by atoms with Gasteiger partial charge in [-0.1, -0.05) is 30.3 Å². The maximum absolute atomic E-state index is 13.0. The van der Waals surface area contributed by atoms with Crippen LogP contribution in [0.25, 0.3) is 0 Å². The van der Waals surface area contributed by atoms with Gasteiger partial charge in [-0.05, 0) is 18.4 Å². The van der Waals surface area contributed by atoms with Gasteiger partial charge in [0.25, 0.3) is 5.91 Å². The highest BCUT2D eigenvalue weighted by molar-refractivity contribution is 5.93. The summed E-state index contributed by atoms with van der Waals surface area (Å²) in [5, 5.41) is 2.88. The Morgan fingerprint density at radius 2 is 2.00 bits per heavy atom. The van der Waals surface area contributed by atoms with Crippen LogP contribution in [-0.4, -0.2) is 59.6 Å². The number of benzene rings is 1. The van der Waals surface area contributed by atoms with E-state index in [0.717, 1.165) is 11.3 Å². The summed E-state index contributed by atoms with van der Waals surface area (Å²) in [4.78, 5) is 31.5. The number of rotatable bonds is 6. The molecule has 2 aliphatic rings. The molecule has 0 saturated carbocycles. The second-order valence-corrected chi connectivity index (χ2v) is 7.75. The third-order valence-electron chi connectivity index (χ3n) is 5.86. The van der Waals surface area contributed by atoms with E-state index in [1.807, 2.05) is 34.9 Å². The fourth-order valence-corrected chi connectivity index (χ4v) is 4.09. The number of ether oxygens (including phenoxy) is 2. The van der Waals surface area contributed by atoms with Crippen LogP contribution in [0.4, 0.5) is 0 Å². The topological polar surface area (TPSA) is 85.7 Å². The molecule has 3 heterocycles. The molecule has 30 heavy (non-hydrogen) atoms. The van der Waals surface area contributed by atoms with Gasteiger partial charge in [-0.25, -0.2) is 4.98 Å². The molecule has 0 bridgehead atoms. The summed E-state index contributed by atoms with van der Waals surface area (Å²) in [5.74, 6) is -0.0978. The molecule has 160 valence electrons. The monoisotopic (exact) mass is 412 g/mol. The van der Waals surface area contributed by atoms with E-state index < -0.39 is 0 Å². The number of likely N-dealkylation sites (tertiary alicyclic amines) is 1. The molecule has 0 aliphatic carbocycles. The van der Waals surface area contributed by atoms with Gasteiger partial charge >= 0.3 is 0 Å². The van der Waals surface area contributed by atoms with Crippen molar-refractivity contribution in [1.82, 2.24) is 19.8 Å². The number of nitrogens with zero attached hydrogens (tertiary/aromatic N) is 3. The fraction of sp³-hybridized carbons (Fsp3) is 0.500. The van der Waals surface area contributed by atoms with Crippen molar-refractivity contribution in [2.24, 2.45) is 5.92 Å². The molecule has 1 saturated heterocycles. The van der Waals surface area contributed by atoms with Gasteiger partial charge in [0, 0.05) is 32.7 Å². The standard InChI is InChI=1S/C22H28N4O4/c1-29-12-9-23-21(27)17-7-10-25(11-8-17)22(28)20-18-14-30-19(13-26(18)15-24-20)16-5-3-2-4-6-16/h2-6,15,17,19H,7-14H2,1H3,(H,23,27)/t19-/m1/s1. The van der Waals surface area contributed by atoms with Crippen LogP contribution >= 0.6 is 0 Å². The van der Waals surface area contributed by atoms with Crippen LogP contribution in [0.2, 0.25) is 0 Å². The molecule has 1 atom stereocenters. The normalized spacial score (nSPS) is 19.4. The van der Waals surface area contributed by atoms with Crippen molar-refractivity contribution in [1.29, 1.82) is 0 Å². The average molecular weight is 412 g/mol. The number of carbonyl (C=O) groups is 2. The minimum absolute atomic E-state index is 0.0387. The number of hydrogen-bond donors (Lipinski definition) is 1. The van der Waals surface area contributed by atoms with Crippen LogP contribution in [-0.2, 0) is 27.4 Å². The second kappa shape index (κ2) is 9.40. The van der Waals surface area contributed by atoms with Crippen molar-refractivity contribution in [2.45, 2.75) is 32.1 Å². The zero-order valence-corrected chi connectivity index (χ0v) is 17.3. The second-order valence-electron chi connectivity index (χ2n) is 7.75. The number of amides is 2. The first kappa shape index (κ1) is 20.6. The Labute approximate surface area is 176 Å². The SMILES string of the molecule is COCCNC(=O)C1CCN(C(=O)c2ncn3c2CO[C@@H](c2ccccc2)C3)CC1. The molecule has 8 heteroatoms. The van der Waals surface area contributed by atoms with Gasteiger partial charge in [0.05, 0.1) is 31.8 Å². The molecule has 0 unspecified atom stereocenters. The highest BCUT2D eigenvalue weighted by Crippen LogP contribution is 2.28.